The fraction of sp³-hybridized carbons (Fsp3) is 0.176. The second kappa shape index (κ2) is 8.31. The van der Waals surface area contributed by atoms with Crippen molar-refractivity contribution in [1.82, 2.24) is 5.48 Å². The molecule has 0 saturated carbocycles. The maximum atomic E-state index is 12.0. The smallest absolute Gasteiger partial charge is 0.338 e. The lowest BCUT2D eigenvalue weighted by Gasteiger charge is -2.15. The first-order valence-electron chi connectivity index (χ1n) is 6.93. The summed E-state index contributed by atoms with van der Waals surface area (Å²) in [4.78, 5) is 29.0. The molecule has 5 nitrogen and oxygen atoms in total. The van der Waals surface area contributed by atoms with Crippen molar-refractivity contribution in [3.63, 3.8) is 0 Å². The Morgan fingerprint density at radius 2 is 1.74 bits per heavy atom. The van der Waals surface area contributed by atoms with Gasteiger partial charge in [0.1, 0.15) is 0 Å². The Bertz CT molecular complexity index is 658. The lowest BCUT2D eigenvalue weighted by Crippen LogP contribution is -2.36. The molecule has 0 spiro atoms. The largest absolute Gasteiger partial charge is 0.467 e. The van der Waals surface area contributed by atoms with Crippen molar-refractivity contribution in [3.05, 3.63) is 70.7 Å². The quantitative estimate of drug-likeness (QED) is 0.652. The molecule has 2 aromatic carbocycles. The van der Waals surface area contributed by atoms with Crippen molar-refractivity contribution in [2.45, 2.75) is 12.5 Å². The first kappa shape index (κ1) is 17.0. The number of rotatable bonds is 6. The number of amides is 1. The number of hydroxylamine groups is 1. The van der Waals surface area contributed by atoms with Gasteiger partial charge >= 0.3 is 5.97 Å². The van der Waals surface area contributed by atoms with Gasteiger partial charge in [0.2, 0.25) is 0 Å². The van der Waals surface area contributed by atoms with E-state index in [1.165, 1.54) is 7.11 Å². The molecule has 0 saturated heterocycles. The number of carbonyl (C=O) groups is 2. The van der Waals surface area contributed by atoms with Crippen LogP contribution in [0.4, 0.5) is 0 Å². The Morgan fingerprint density at radius 3 is 2.35 bits per heavy atom. The van der Waals surface area contributed by atoms with Crippen molar-refractivity contribution in [1.29, 1.82) is 0 Å². The summed E-state index contributed by atoms with van der Waals surface area (Å²) >= 11 is 5.83. The lowest BCUT2D eigenvalue weighted by molar-refractivity contribution is -0.157. The summed E-state index contributed by atoms with van der Waals surface area (Å²) in [6.45, 7) is 0. The summed E-state index contributed by atoms with van der Waals surface area (Å²) in [5.41, 5.74) is 3.55. The lowest BCUT2D eigenvalue weighted by atomic mass is 10.1. The zero-order valence-electron chi connectivity index (χ0n) is 12.5. The van der Waals surface area contributed by atoms with Gasteiger partial charge in [-0.25, -0.2) is 10.3 Å². The molecule has 0 radical (unpaired) electrons. The summed E-state index contributed by atoms with van der Waals surface area (Å²) in [7, 11) is 1.26. The number of carbonyl (C=O) groups excluding carboxylic acids is 2. The predicted molar refractivity (Wildman–Crippen MR) is 86.0 cm³/mol. The Balaban J connectivity index is 2.00. The van der Waals surface area contributed by atoms with Crippen LogP contribution in [0, 0.1) is 0 Å². The monoisotopic (exact) mass is 333 g/mol. The van der Waals surface area contributed by atoms with Gasteiger partial charge in [-0.2, -0.15) is 0 Å². The maximum absolute atomic E-state index is 12.0. The minimum atomic E-state index is -0.950. The average molecular weight is 334 g/mol. The van der Waals surface area contributed by atoms with Gasteiger partial charge in [0, 0.05) is 17.0 Å². The van der Waals surface area contributed by atoms with Crippen LogP contribution < -0.4 is 5.48 Å². The van der Waals surface area contributed by atoms with Crippen molar-refractivity contribution < 1.29 is 19.2 Å². The van der Waals surface area contributed by atoms with Gasteiger partial charge in [0.05, 0.1) is 7.11 Å². The van der Waals surface area contributed by atoms with Crippen LogP contribution in [0.2, 0.25) is 5.02 Å². The number of benzene rings is 2. The van der Waals surface area contributed by atoms with Gasteiger partial charge in [-0.05, 0) is 29.8 Å². The number of hydrogen-bond donors (Lipinski definition) is 1. The van der Waals surface area contributed by atoms with Gasteiger partial charge < -0.3 is 4.74 Å². The zero-order chi connectivity index (χ0) is 16.7. The van der Waals surface area contributed by atoms with E-state index in [0.717, 1.165) is 5.56 Å². The molecule has 6 heteroatoms. The first-order valence-corrected chi connectivity index (χ1v) is 7.31. The van der Waals surface area contributed by atoms with Crippen LogP contribution in [-0.2, 0) is 20.8 Å². The molecule has 2 aromatic rings. The molecule has 0 aromatic heterocycles. The van der Waals surface area contributed by atoms with Crippen LogP contribution >= 0.6 is 11.6 Å². The Hall–Kier alpha value is -2.37. The molecule has 0 aliphatic rings. The summed E-state index contributed by atoms with van der Waals surface area (Å²) < 4.78 is 4.71. The summed E-state index contributed by atoms with van der Waals surface area (Å²) in [6.07, 6.45) is -0.701. The summed E-state index contributed by atoms with van der Waals surface area (Å²) in [5.74, 6) is -1.01. The van der Waals surface area contributed by atoms with E-state index in [4.69, 9.17) is 21.2 Å². The molecule has 2 rings (SSSR count). The van der Waals surface area contributed by atoms with E-state index < -0.39 is 18.0 Å². The SMILES string of the molecule is COC(=O)C(Cc1ccc(Cl)cc1)ONC(=O)c1ccccc1. The minimum Gasteiger partial charge on any atom is -0.467 e. The first-order chi connectivity index (χ1) is 11.1. The van der Waals surface area contributed by atoms with Gasteiger partial charge in [0.15, 0.2) is 6.10 Å². The fourth-order valence-corrected chi connectivity index (χ4v) is 2.04. The highest BCUT2D eigenvalue weighted by Crippen LogP contribution is 2.12. The molecule has 0 aliphatic carbocycles. The number of esters is 1. The highest BCUT2D eigenvalue weighted by molar-refractivity contribution is 6.30. The van der Waals surface area contributed by atoms with Crippen LogP contribution in [0.15, 0.2) is 54.6 Å². The predicted octanol–water partition coefficient (Wildman–Crippen LogP) is 2.79. The fourth-order valence-electron chi connectivity index (χ4n) is 1.91. The summed E-state index contributed by atoms with van der Waals surface area (Å²) in [6, 6.07) is 15.6. The molecular formula is C17H16ClNO4. The van der Waals surface area contributed by atoms with Gasteiger partial charge in [0.25, 0.3) is 5.91 Å². The standard InChI is InChI=1S/C17H16ClNO4/c1-22-17(21)15(11-12-7-9-14(18)10-8-12)23-19-16(20)13-5-3-2-4-6-13/h2-10,15H,11H2,1H3,(H,19,20). The maximum Gasteiger partial charge on any atom is 0.338 e. The van der Waals surface area contributed by atoms with Crippen LogP contribution in [-0.4, -0.2) is 25.1 Å². The van der Waals surface area contributed by atoms with Crippen LogP contribution in [0.1, 0.15) is 15.9 Å². The van der Waals surface area contributed by atoms with Crippen molar-refractivity contribution in [2.75, 3.05) is 7.11 Å². The number of ether oxygens (including phenoxy) is 1. The minimum absolute atomic E-state index is 0.249. The summed E-state index contributed by atoms with van der Waals surface area (Å²) in [5, 5.41) is 0.599. The number of nitrogens with one attached hydrogen (secondary N) is 1. The highest BCUT2D eigenvalue weighted by atomic mass is 35.5. The van der Waals surface area contributed by atoms with Crippen LogP contribution in [0.5, 0.6) is 0 Å². The third kappa shape index (κ3) is 5.09. The number of methoxy groups -OCH3 is 1. The molecule has 1 unspecified atom stereocenters. The van der Waals surface area contributed by atoms with E-state index in [0.29, 0.717) is 10.6 Å². The van der Waals surface area contributed by atoms with Crippen molar-refractivity contribution in [2.24, 2.45) is 0 Å². The Morgan fingerprint density at radius 1 is 1.09 bits per heavy atom. The Labute approximate surface area is 139 Å². The van der Waals surface area contributed by atoms with E-state index in [9.17, 15) is 9.59 Å². The van der Waals surface area contributed by atoms with Gasteiger partial charge in [-0.15, -0.1) is 0 Å². The molecule has 0 aliphatic heterocycles. The van der Waals surface area contributed by atoms with Crippen LogP contribution in [0.25, 0.3) is 0 Å². The highest BCUT2D eigenvalue weighted by Gasteiger charge is 2.22. The molecule has 1 N–H and O–H groups in total. The molecule has 0 bridgehead atoms. The van der Waals surface area contributed by atoms with E-state index >= 15 is 0 Å². The number of hydrogen-bond acceptors (Lipinski definition) is 4. The normalized spacial score (nSPS) is 11.6. The molecular weight excluding hydrogens is 318 g/mol. The topological polar surface area (TPSA) is 64.6 Å². The van der Waals surface area contributed by atoms with E-state index in [2.05, 4.69) is 5.48 Å². The zero-order valence-corrected chi connectivity index (χ0v) is 13.2. The van der Waals surface area contributed by atoms with Crippen molar-refractivity contribution >= 4 is 23.5 Å². The molecule has 23 heavy (non-hydrogen) atoms. The number of halogens is 1. The van der Waals surface area contributed by atoms with Crippen LogP contribution in [0.3, 0.4) is 0 Å². The van der Waals surface area contributed by atoms with Gasteiger partial charge in [-0.1, -0.05) is 41.9 Å². The molecule has 0 heterocycles. The third-order valence-electron chi connectivity index (χ3n) is 3.13. The van der Waals surface area contributed by atoms with E-state index in [1.807, 2.05) is 0 Å². The van der Waals surface area contributed by atoms with Gasteiger partial charge in [-0.3, -0.25) is 9.63 Å². The van der Waals surface area contributed by atoms with Crippen molar-refractivity contribution in [3.8, 4) is 0 Å². The average Bonchev–Trinajstić information content (AvgIpc) is 2.60. The molecule has 1 amide bonds. The third-order valence-corrected chi connectivity index (χ3v) is 3.38. The molecule has 120 valence electrons. The second-order valence-electron chi connectivity index (χ2n) is 4.76. The van der Waals surface area contributed by atoms with E-state index in [1.54, 1.807) is 54.6 Å². The molecule has 1 atom stereocenters. The second-order valence-corrected chi connectivity index (χ2v) is 5.19. The Kier molecular flexibility index (Phi) is 6.14. The van der Waals surface area contributed by atoms with E-state index in [-0.39, 0.29) is 6.42 Å². The molecule has 0 fully saturated rings.